The van der Waals surface area contributed by atoms with E-state index in [4.69, 9.17) is 19.4 Å². The second kappa shape index (κ2) is 14.8. The van der Waals surface area contributed by atoms with E-state index in [1.807, 2.05) is 60.7 Å². The van der Waals surface area contributed by atoms with Crippen LogP contribution in [0, 0.1) is 5.92 Å². The summed E-state index contributed by atoms with van der Waals surface area (Å²) in [5.41, 5.74) is 13.0. The van der Waals surface area contributed by atoms with Gasteiger partial charge in [-0.15, -0.1) is 0 Å². The highest BCUT2D eigenvalue weighted by Gasteiger charge is 2.42. The molecule has 1 saturated carbocycles. The zero-order chi connectivity index (χ0) is 40.2. The van der Waals surface area contributed by atoms with E-state index >= 15 is 0 Å². The fourth-order valence-electron chi connectivity index (χ4n) is 8.96. The van der Waals surface area contributed by atoms with Crippen molar-refractivity contribution in [1.29, 1.82) is 0 Å². The third-order valence-corrected chi connectivity index (χ3v) is 11.7. The van der Waals surface area contributed by atoms with Crippen LogP contribution >= 0.6 is 0 Å². The van der Waals surface area contributed by atoms with Crippen molar-refractivity contribution in [2.75, 3.05) is 0 Å². The van der Waals surface area contributed by atoms with Gasteiger partial charge in [-0.3, -0.25) is 0 Å². The summed E-state index contributed by atoms with van der Waals surface area (Å²) in [7, 11) is 0. The topological polar surface area (TPSA) is 56.7 Å². The van der Waals surface area contributed by atoms with Gasteiger partial charge in [0.1, 0.15) is 11.3 Å². The molecule has 2 unspecified atom stereocenters. The Hall–Kier alpha value is -7.37. The van der Waals surface area contributed by atoms with E-state index < -0.39 is 0 Å². The van der Waals surface area contributed by atoms with E-state index in [-0.39, 0.29) is 0 Å². The minimum Gasteiger partial charge on any atom is -0.456 e. The number of allylic oxidation sites excluding steroid dienone is 1. The fraction of sp³-hybridized carbons (Fsp3) is 0.109. The SMILES string of the molecule is C1=CC2CC2c2c1oc1c(-c3cccc(-c4cccc5c6ccccc6n(-c6cccc(-c7nc(-c8ccccc8)nc(-c8ccccc8)n7)c6)c45)c3)cccc21.CCC. The third kappa shape index (κ3) is 6.13. The van der Waals surface area contributed by atoms with E-state index in [1.165, 1.54) is 34.6 Å². The highest BCUT2D eigenvalue weighted by atomic mass is 16.3. The first-order valence-corrected chi connectivity index (χ1v) is 21.0. The van der Waals surface area contributed by atoms with Crippen molar-refractivity contribution in [3.05, 3.63) is 187 Å². The lowest BCUT2D eigenvalue weighted by atomic mass is 9.95. The Bertz CT molecular complexity index is 3190. The van der Waals surface area contributed by atoms with Gasteiger partial charge in [-0.2, -0.15) is 0 Å². The molecule has 1 fully saturated rings. The van der Waals surface area contributed by atoms with E-state index in [0.717, 1.165) is 67.0 Å². The molecule has 3 heterocycles. The average molecular weight is 775 g/mol. The van der Waals surface area contributed by atoms with E-state index in [0.29, 0.717) is 29.3 Å². The van der Waals surface area contributed by atoms with Crippen LogP contribution in [0.15, 0.2) is 180 Å². The number of benzene rings is 7. The van der Waals surface area contributed by atoms with Crippen LogP contribution in [0.1, 0.15) is 43.9 Å². The maximum Gasteiger partial charge on any atom is 0.164 e. The van der Waals surface area contributed by atoms with Crippen molar-refractivity contribution in [1.82, 2.24) is 19.5 Å². The van der Waals surface area contributed by atoms with Crippen LogP contribution < -0.4 is 0 Å². The van der Waals surface area contributed by atoms with Gasteiger partial charge in [-0.1, -0.05) is 172 Å². The van der Waals surface area contributed by atoms with Crippen LogP contribution in [0.2, 0.25) is 0 Å². The molecule has 60 heavy (non-hydrogen) atoms. The van der Waals surface area contributed by atoms with Crippen molar-refractivity contribution < 1.29 is 4.42 Å². The van der Waals surface area contributed by atoms with Gasteiger partial charge in [-0.25, -0.2) is 15.0 Å². The number of aromatic nitrogens is 4. The molecule has 2 aliphatic carbocycles. The molecule has 0 radical (unpaired) electrons. The van der Waals surface area contributed by atoms with Gasteiger partial charge in [0.15, 0.2) is 17.5 Å². The van der Waals surface area contributed by atoms with Crippen molar-refractivity contribution in [3.63, 3.8) is 0 Å². The molecule has 0 aliphatic heterocycles. The van der Waals surface area contributed by atoms with Crippen LogP contribution in [-0.4, -0.2) is 19.5 Å². The molecule has 0 N–H and O–H groups in total. The molecule has 288 valence electrons. The van der Waals surface area contributed by atoms with Crippen molar-refractivity contribution in [2.24, 2.45) is 5.92 Å². The van der Waals surface area contributed by atoms with Crippen LogP contribution in [-0.2, 0) is 0 Å². The monoisotopic (exact) mass is 774 g/mol. The molecule has 3 aromatic heterocycles. The summed E-state index contributed by atoms with van der Waals surface area (Å²) in [6.07, 6.45) is 6.97. The van der Waals surface area contributed by atoms with Gasteiger partial charge in [0, 0.05) is 55.2 Å². The lowest BCUT2D eigenvalue weighted by Crippen LogP contribution is -2.01. The van der Waals surface area contributed by atoms with Crippen molar-refractivity contribution >= 4 is 38.9 Å². The number of furan rings is 1. The zero-order valence-corrected chi connectivity index (χ0v) is 33.6. The minimum absolute atomic E-state index is 0.591. The smallest absolute Gasteiger partial charge is 0.164 e. The molecule has 0 bridgehead atoms. The molecule has 10 aromatic rings. The Labute approximate surface area is 349 Å². The number of hydrogen-bond donors (Lipinski definition) is 0. The number of para-hydroxylation sites is 3. The first-order valence-electron chi connectivity index (χ1n) is 21.0. The largest absolute Gasteiger partial charge is 0.456 e. The van der Waals surface area contributed by atoms with Gasteiger partial charge >= 0.3 is 0 Å². The number of nitrogens with zero attached hydrogens (tertiary/aromatic N) is 4. The molecule has 0 saturated heterocycles. The molecule has 0 spiro atoms. The number of fused-ring (bicyclic) bond motifs is 8. The third-order valence-electron chi connectivity index (χ3n) is 11.7. The summed E-state index contributed by atoms with van der Waals surface area (Å²) < 4.78 is 9.01. The summed E-state index contributed by atoms with van der Waals surface area (Å²) in [5, 5.41) is 3.64. The van der Waals surface area contributed by atoms with Crippen molar-refractivity contribution in [3.8, 4) is 62.1 Å². The highest BCUT2D eigenvalue weighted by molar-refractivity contribution is 6.14. The second-order valence-electron chi connectivity index (χ2n) is 15.9. The lowest BCUT2D eigenvalue weighted by Gasteiger charge is -2.14. The van der Waals surface area contributed by atoms with Crippen LogP contribution in [0.25, 0.3) is 101 Å². The van der Waals surface area contributed by atoms with Gasteiger partial charge in [0.2, 0.25) is 0 Å². The molecule has 5 nitrogen and oxygen atoms in total. The first-order chi connectivity index (χ1) is 29.7. The first kappa shape index (κ1) is 35.8. The summed E-state index contributed by atoms with van der Waals surface area (Å²) in [4.78, 5) is 15.0. The maximum absolute atomic E-state index is 6.61. The summed E-state index contributed by atoms with van der Waals surface area (Å²) in [6.45, 7) is 4.25. The summed E-state index contributed by atoms with van der Waals surface area (Å²) in [5.74, 6) is 4.18. The predicted molar refractivity (Wildman–Crippen MR) is 247 cm³/mol. The standard InChI is InChI=1S/C52H34N4O.C3H8/c1-3-13-32(14-4-1)50-53-51(33-15-5-2-6-16-33)55-52(54-50)37-19-10-20-38(30-37)56-45-26-8-7-21-41(45)42-24-11-22-39(48(42)56)34-17-9-18-35(29-34)40-23-12-25-43-47-44-31-36(44)27-28-46(47)57-49(40)43;1-3-2/h1-30,36,44H,31H2;3H2,1-2H3. The molecular formula is C55H42N4O. The van der Waals surface area contributed by atoms with Crippen molar-refractivity contribution in [2.45, 2.75) is 32.6 Å². The van der Waals surface area contributed by atoms with E-state index in [1.54, 1.807) is 0 Å². The maximum atomic E-state index is 6.61. The van der Waals surface area contributed by atoms with Crippen LogP contribution in [0.3, 0.4) is 0 Å². The normalized spacial score (nSPS) is 15.1. The summed E-state index contributed by atoms with van der Waals surface area (Å²) in [6, 6.07) is 59.7. The highest BCUT2D eigenvalue weighted by Crippen LogP contribution is 2.56. The van der Waals surface area contributed by atoms with E-state index in [2.05, 4.69) is 140 Å². The van der Waals surface area contributed by atoms with Gasteiger partial charge in [-0.05, 0) is 59.7 Å². The van der Waals surface area contributed by atoms with E-state index in [9.17, 15) is 0 Å². The number of hydrogen-bond acceptors (Lipinski definition) is 4. The lowest BCUT2D eigenvalue weighted by molar-refractivity contribution is 0.596. The molecule has 0 amide bonds. The Morgan fingerprint density at radius 3 is 1.82 bits per heavy atom. The number of rotatable bonds is 6. The van der Waals surface area contributed by atoms with Gasteiger partial charge < -0.3 is 8.98 Å². The molecule has 7 aromatic carbocycles. The summed E-state index contributed by atoms with van der Waals surface area (Å²) >= 11 is 0. The molecule has 12 rings (SSSR count). The average Bonchev–Trinajstić information content (AvgIpc) is 3.89. The predicted octanol–water partition coefficient (Wildman–Crippen LogP) is 14.6. The molecule has 5 heteroatoms. The molecule has 2 atom stereocenters. The Morgan fingerprint density at radius 1 is 0.533 bits per heavy atom. The molecule has 2 aliphatic rings. The Balaban J connectivity index is 0.00000132. The Kier molecular flexibility index (Phi) is 8.81. The Morgan fingerprint density at radius 2 is 1.08 bits per heavy atom. The zero-order valence-electron chi connectivity index (χ0n) is 33.6. The van der Waals surface area contributed by atoms with Gasteiger partial charge in [0.25, 0.3) is 0 Å². The van der Waals surface area contributed by atoms with Gasteiger partial charge in [0.05, 0.1) is 11.0 Å². The molecular weight excluding hydrogens is 733 g/mol. The van der Waals surface area contributed by atoms with Crippen LogP contribution in [0.4, 0.5) is 0 Å². The quantitative estimate of drug-likeness (QED) is 0.169. The fourth-order valence-corrected chi connectivity index (χ4v) is 8.96. The second-order valence-corrected chi connectivity index (χ2v) is 15.9. The van der Waals surface area contributed by atoms with Crippen LogP contribution in [0.5, 0.6) is 0 Å². The minimum atomic E-state index is 0.591.